The topological polar surface area (TPSA) is 39.1 Å². The summed E-state index contributed by atoms with van der Waals surface area (Å²) in [5.74, 6) is -0.413. The quantitative estimate of drug-likeness (QED) is 0.373. The fraction of sp³-hybridized carbons (Fsp3) is 0. The second-order valence-corrected chi connectivity index (χ2v) is 6.60. The van der Waals surface area contributed by atoms with Crippen molar-refractivity contribution in [2.45, 2.75) is 0 Å². The van der Waals surface area contributed by atoms with Gasteiger partial charge in [0.1, 0.15) is 0 Å². The minimum absolute atomic E-state index is 0.207. The summed E-state index contributed by atoms with van der Waals surface area (Å²) in [5.41, 5.74) is 2.97. The highest BCUT2D eigenvalue weighted by molar-refractivity contribution is 6.41. The second kappa shape index (κ2) is 5.92. The van der Waals surface area contributed by atoms with Gasteiger partial charge in [0.2, 0.25) is 0 Å². The fourth-order valence-electron chi connectivity index (χ4n) is 3.62. The Kier molecular flexibility index (Phi) is 3.41. The molecule has 0 fully saturated rings. The van der Waals surface area contributed by atoms with E-state index in [1.54, 1.807) is 30.3 Å². The van der Waals surface area contributed by atoms with Crippen LogP contribution in [0.2, 0.25) is 0 Å². The van der Waals surface area contributed by atoms with E-state index in [0.717, 1.165) is 16.8 Å². The fourth-order valence-corrected chi connectivity index (χ4v) is 3.62. The first-order valence-corrected chi connectivity index (χ1v) is 8.79. The van der Waals surface area contributed by atoms with Crippen LogP contribution in [0.5, 0.6) is 0 Å². The molecule has 0 amide bonds. The maximum Gasteiger partial charge on any atom is 0.197 e. The van der Waals surface area contributed by atoms with Crippen LogP contribution in [0.25, 0.3) is 22.5 Å². The summed E-state index contributed by atoms with van der Waals surface area (Å²) in [7, 11) is 0. The monoisotopic (exact) mass is 349 g/mol. The zero-order chi connectivity index (χ0) is 18.4. The first kappa shape index (κ1) is 15.5. The number of allylic oxidation sites excluding steroid dienone is 1. The van der Waals surface area contributed by atoms with Gasteiger partial charge < -0.3 is 4.57 Å². The smallest absolute Gasteiger partial charge is 0.197 e. The Hall–Kier alpha value is -3.72. The highest BCUT2D eigenvalue weighted by atomic mass is 16.2. The number of carbonyl (C=O) groups excluding carboxylic acids is 2. The van der Waals surface area contributed by atoms with Crippen LogP contribution in [0.3, 0.4) is 0 Å². The van der Waals surface area contributed by atoms with E-state index in [-0.39, 0.29) is 17.1 Å². The van der Waals surface area contributed by atoms with Gasteiger partial charge in [-0.25, -0.2) is 0 Å². The number of hydrogen-bond acceptors (Lipinski definition) is 2. The normalized spacial score (nSPS) is 13.3. The van der Waals surface area contributed by atoms with Gasteiger partial charge in [-0.15, -0.1) is 0 Å². The number of benzene rings is 3. The van der Waals surface area contributed by atoms with Crippen molar-refractivity contribution in [3.63, 3.8) is 0 Å². The van der Waals surface area contributed by atoms with E-state index in [1.165, 1.54) is 5.39 Å². The Balaban J connectivity index is 1.61. The maximum absolute atomic E-state index is 12.7. The molecule has 0 aliphatic heterocycles. The molecule has 0 radical (unpaired) electrons. The first-order valence-electron chi connectivity index (χ1n) is 8.79. The lowest BCUT2D eigenvalue weighted by molar-refractivity contribution is 0.0990. The van der Waals surface area contributed by atoms with E-state index in [0.29, 0.717) is 11.1 Å². The molecule has 0 spiro atoms. The molecule has 0 unspecified atom stereocenters. The van der Waals surface area contributed by atoms with Crippen LogP contribution in [0.1, 0.15) is 26.4 Å². The molecule has 4 aromatic rings. The molecule has 1 aromatic heterocycles. The highest BCUT2D eigenvalue weighted by Gasteiger charge is 2.32. The molecule has 3 aromatic carbocycles. The van der Waals surface area contributed by atoms with Crippen LogP contribution in [-0.4, -0.2) is 16.1 Å². The average molecular weight is 349 g/mol. The third kappa shape index (κ3) is 2.44. The van der Waals surface area contributed by atoms with Crippen molar-refractivity contribution < 1.29 is 9.59 Å². The van der Waals surface area contributed by atoms with Crippen LogP contribution in [-0.2, 0) is 0 Å². The van der Waals surface area contributed by atoms with E-state index < -0.39 is 0 Å². The Labute approximate surface area is 156 Å². The molecule has 0 saturated heterocycles. The molecule has 0 N–H and O–H groups in total. The lowest BCUT2D eigenvalue weighted by Crippen LogP contribution is -2.02. The van der Waals surface area contributed by atoms with Crippen molar-refractivity contribution in [3.8, 4) is 5.69 Å². The summed E-state index contributed by atoms with van der Waals surface area (Å²) < 4.78 is 1.99. The van der Waals surface area contributed by atoms with Crippen LogP contribution >= 0.6 is 0 Å². The summed E-state index contributed by atoms with van der Waals surface area (Å²) >= 11 is 0. The minimum Gasteiger partial charge on any atom is -0.317 e. The highest BCUT2D eigenvalue weighted by Crippen LogP contribution is 2.28. The summed E-state index contributed by atoms with van der Waals surface area (Å²) in [6.07, 6.45) is 3.63. The number of rotatable bonds is 2. The molecule has 1 aliphatic carbocycles. The Morgan fingerprint density at radius 3 is 2.07 bits per heavy atom. The Bertz CT molecular complexity index is 1220. The van der Waals surface area contributed by atoms with E-state index in [1.807, 2.05) is 41.1 Å². The van der Waals surface area contributed by atoms with Gasteiger partial charge >= 0.3 is 0 Å². The number of fused-ring (bicyclic) bond motifs is 2. The van der Waals surface area contributed by atoms with Gasteiger partial charge in [0.25, 0.3) is 0 Å². The first-order chi connectivity index (χ1) is 13.2. The number of Topliss-reactive ketones (excluding diaryl/α,β-unsaturated/α-hetero) is 2. The molecule has 0 atom stereocenters. The predicted molar refractivity (Wildman–Crippen MR) is 106 cm³/mol. The van der Waals surface area contributed by atoms with Gasteiger partial charge in [-0.05, 0) is 41.1 Å². The third-order valence-corrected chi connectivity index (χ3v) is 4.99. The Morgan fingerprint density at radius 1 is 0.667 bits per heavy atom. The molecule has 128 valence electrons. The Morgan fingerprint density at radius 2 is 1.33 bits per heavy atom. The molecular weight excluding hydrogens is 334 g/mol. The predicted octanol–water partition coefficient (Wildman–Crippen LogP) is 5.09. The van der Waals surface area contributed by atoms with Crippen molar-refractivity contribution in [2.75, 3.05) is 0 Å². The number of ketones is 2. The van der Waals surface area contributed by atoms with Gasteiger partial charge in [-0.1, -0.05) is 54.6 Å². The van der Waals surface area contributed by atoms with Gasteiger partial charge in [0, 0.05) is 28.7 Å². The lowest BCUT2D eigenvalue weighted by atomic mass is 10.1. The summed E-state index contributed by atoms with van der Waals surface area (Å²) in [6, 6.07) is 25.2. The summed E-state index contributed by atoms with van der Waals surface area (Å²) in [6.45, 7) is 0. The van der Waals surface area contributed by atoms with Crippen LogP contribution < -0.4 is 0 Å². The van der Waals surface area contributed by atoms with Crippen molar-refractivity contribution in [3.05, 3.63) is 107 Å². The number of hydrogen-bond donors (Lipinski definition) is 0. The average Bonchev–Trinajstić information content (AvgIpc) is 3.27. The van der Waals surface area contributed by atoms with Crippen molar-refractivity contribution in [2.24, 2.45) is 0 Å². The number of nitrogens with zero attached hydrogens (tertiary/aromatic N) is 1. The second-order valence-electron chi connectivity index (χ2n) is 6.60. The lowest BCUT2D eigenvalue weighted by Gasteiger charge is -2.08. The van der Waals surface area contributed by atoms with Crippen LogP contribution in [0.4, 0.5) is 0 Å². The zero-order valence-corrected chi connectivity index (χ0v) is 14.4. The van der Waals surface area contributed by atoms with E-state index in [9.17, 15) is 9.59 Å². The molecule has 1 heterocycles. The third-order valence-electron chi connectivity index (χ3n) is 4.99. The van der Waals surface area contributed by atoms with E-state index >= 15 is 0 Å². The molecule has 1 aliphatic rings. The SMILES string of the molecule is O=C1C(=Cc2cccn2-c2ccc3ccccc3c2)C(=O)c2ccccc21. The van der Waals surface area contributed by atoms with Crippen LogP contribution in [0.15, 0.2) is 90.6 Å². The molecule has 0 bridgehead atoms. The minimum atomic E-state index is -0.207. The standard InChI is InChI=1S/C24H15NO2/c26-23-20-9-3-4-10-21(20)24(27)22(23)15-18-8-5-13-25(18)19-12-11-16-6-1-2-7-17(16)14-19/h1-15H. The van der Waals surface area contributed by atoms with Crippen molar-refractivity contribution in [1.29, 1.82) is 0 Å². The van der Waals surface area contributed by atoms with Gasteiger partial charge in [-0.2, -0.15) is 0 Å². The number of aromatic nitrogens is 1. The van der Waals surface area contributed by atoms with Crippen LogP contribution in [0, 0.1) is 0 Å². The molecule has 3 heteroatoms. The zero-order valence-electron chi connectivity index (χ0n) is 14.4. The van der Waals surface area contributed by atoms with Crippen molar-refractivity contribution >= 4 is 28.4 Å². The molecule has 27 heavy (non-hydrogen) atoms. The summed E-state index contributed by atoms with van der Waals surface area (Å²) in [4.78, 5) is 25.3. The molecular formula is C24H15NO2. The van der Waals surface area contributed by atoms with Gasteiger partial charge in [-0.3, -0.25) is 9.59 Å². The number of carbonyl (C=O) groups is 2. The van der Waals surface area contributed by atoms with Crippen molar-refractivity contribution in [1.82, 2.24) is 4.57 Å². The largest absolute Gasteiger partial charge is 0.317 e. The molecule has 3 nitrogen and oxygen atoms in total. The van der Waals surface area contributed by atoms with E-state index in [4.69, 9.17) is 0 Å². The molecule has 0 saturated carbocycles. The van der Waals surface area contributed by atoms with Gasteiger partial charge in [0.15, 0.2) is 11.6 Å². The maximum atomic E-state index is 12.7. The van der Waals surface area contributed by atoms with Gasteiger partial charge in [0.05, 0.1) is 5.57 Å². The molecule has 5 rings (SSSR count). The summed E-state index contributed by atoms with van der Waals surface area (Å²) in [5, 5.41) is 2.31. The van der Waals surface area contributed by atoms with E-state index in [2.05, 4.69) is 24.3 Å².